The largest absolute Gasteiger partial charge is 0.388 e. The highest BCUT2D eigenvalue weighted by molar-refractivity contribution is 14.0. The molecule has 2 aliphatic rings. The molecule has 2 fully saturated rings. The number of guanidine groups is 1. The highest BCUT2D eigenvalue weighted by Gasteiger charge is 2.31. The lowest BCUT2D eigenvalue weighted by Gasteiger charge is -2.34. The maximum absolute atomic E-state index is 10.5. The summed E-state index contributed by atoms with van der Waals surface area (Å²) in [7, 11) is 0. The summed E-state index contributed by atoms with van der Waals surface area (Å²) in [5.74, 6) is 1.90. The number of pyridine rings is 1. The molecule has 0 spiro atoms. The van der Waals surface area contributed by atoms with E-state index in [1.165, 1.54) is 5.56 Å². The number of anilines is 1. The zero-order valence-electron chi connectivity index (χ0n) is 16.6. The summed E-state index contributed by atoms with van der Waals surface area (Å²) in [6.07, 6.45) is 8.02. The molecule has 1 aromatic heterocycles. The Morgan fingerprint density at radius 2 is 2.00 bits per heavy atom. The molecular formula is C20H34IN5O. The molecule has 7 heteroatoms. The molecule has 0 unspecified atom stereocenters. The Morgan fingerprint density at radius 1 is 1.30 bits per heavy atom. The van der Waals surface area contributed by atoms with Crippen LogP contribution in [0.15, 0.2) is 23.3 Å². The Labute approximate surface area is 180 Å². The number of hydrogen-bond acceptors (Lipinski definition) is 4. The van der Waals surface area contributed by atoms with Crippen LogP contribution in [0.3, 0.4) is 0 Å². The van der Waals surface area contributed by atoms with E-state index in [0.29, 0.717) is 12.6 Å². The minimum absolute atomic E-state index is 0. The molecule has 1 saturated heterocycles. The third-order valence-corrected chi connectivity index (χ3v) is 5.47. The lowest BCUT2D eigenvalue weighted by molar-refractivity contribution is 0.0574. The molecule has 1 aliphatic heterocycles. The van der Waals surface area contributed by atoms with Crippen LogP contribution in [0.25, 0.3) is 0 Å². The first-order valence-electron chi connectivity index (χ1n) is 10.0. The number of aliphatic hydroxyl groups is 1. The van der Waals surface area contributed by atoms with E-state index in [-0.39, 0.29) is 24.0 Å². The monoisotopic (exact) mass is 487 g/mol. The summed E-state index contributed by atoms with van der Waals surface area (Å²) in [6, 6.07) is 4.64. The van der Waals surface area contributed by atoms with Gasteiger partial charge in [-0.1, -0.05) is 18.9 Å². The third-order valence-electron chi connectivity index (χ3n) is 5.47. The lowest BCUT2D eigenvalue weighted by Crippen LogP contribution is -2.49. The number of aliphatic imine (C=N–C) groups is 1. The van der Waals surface area contributed by atoms with Crippen LogP contribution < -0.4 is 15.5 Å². The molecule has 1 aliphatic carbocycles. The van der Waals surface area contributed by atoms with Crippen LogP contribution in [0, 0.1) is 6.92 Å². The second kappa shape index (κ2) is 10.5. The molecule has 27 heavy (non-hydrogen) atoms. The van der Waals surface area contributed by atoms with Crippen molar-refractivity contribution < 1.29 is 5.11 Å². The van der Waals surface area contributed by atoms with Crippen molar-refractivity contribution in [1.82, 2.24) is 15.6 Å². The topological polar surface area (TPSA) is 72.8 Å². The molecule has 3 rings (SSSR count). The fourth-order valence-electron chi connectivity index (χ4n) is 3.83. The minimum Gasteiger partial charge on any atom is -0.388 e. The first-order valence-corrected chi connectivity index (χ1v) is 10.0. The average Bonchev–Trinajstić information content (AvgIpc) is 3.08. The number of nitrogens with zero attached hydrogens (tertiary/aromatic N) is 3. The van der Waals surface area contributed by atoms with Gasteiger partial charge in [-0.2, -0.15) is 0 Å². The van der Waals surface area contributed by atoms with Gasteiger partial charge >= 0.3 is 0 Å². The molecular weight excluding hydrogens is 453 g/mol. The maximum Gasteiger partial charge on any atom is 0.191 e. The molecule has 1 aromatic rings. The van der Waals surface area contributed by atoms with E-state index in [1.54, 1.807) is 0 Å². The normalized spacial score (nSPS) is 20.3. The van der Waals surface area contributed by atoms with Gasteiger partial charge in [0.2, 0.25) is 0 Å². The number of nitrogens with one attached hydrogen (secondary N) is 2. The van der Waals surface area contributed by atoms with Crippen LogP contribution in [0.1, 0.15) is 51.0 Å². The van der Waals surface area contributed by atoms with E-state index in [2.05, 4.69) is 51.5 Å². The maximum atomic E-state index is 10.5. The van der Waals surface area contributed by atoms with Crippen LogP contribution in [-0.4, -0.2) is 53.9 Å². The molecule has 1 saturated carbocycles. The van der Waals surface area contributed by atoms with Crippen LogP contribution in [0.4, 0.5) is 5.82 Å². The van der Waals surface area contributed by atoms with Gasteiger partial charge in [-0.25, -0.2) is 4.98 Å². The first-order chi connectivity index (χ1) is 12.6. The Bertz CT molecular complexity index is 593. The minimum atomic E-state index is -0.594. The zero-order chi connectivity index (χ0) is 18.4. The fraction of sp³-hybridized carbons (Fsp3) is 0.700. The number of piperidine rings is 1. The van der Waals surface area contributed by atoms with Gasteiger partial charge in [-0.15, -0.1) is 24.0 Å². The molecule has 0 aromatic carbocycles. The zero-order valence-corrected chi connectivity index (χ0v) is 18.9. The van der Waals surface area contributed by atoms with E-state index >= 15 is 0 Å². The van der Waals surface area contributed by atoms with Crippen molar-refractivity contribution in [3.05, 3.63) is 23.9 Å². The van der Waals surface area contributed by atoms with Crippen molar-refractivity contribution in [2.75, 3.05) is 31.1 Å². The molecule has 6 nitrogen and oxygen atoms in total. The SMILES string of the molecule is CCNC(=NCC1(O)CCCC1)NC1CCN(c2ccc(C)cn2)CC1.I. The molecule has 0 atom stereocenters. The predicted molar refractivity (Wildman–Crippen MR) is 122 cm³/mol. The van der Waals surface area contributed by atoms with Gasteiger partial charge in [0.15, 0.2) is 5.96 Å². The summed E-state index contributed by atoms with van der Waals surface area (Å²) in [5, 5.41) is 17.4. The second-order valence-electron chi connectivity index (χ2n) is 7.73. The molecule has 2 heterocycles. The molecule has 3 N–H and O–H groups in total. The highest BCUT2D eigenvalue weighted by Crippen LogP contribution is 2.29. The lowest BCUT2D eigenvalue weighted by atomic mass is 10.0. The van der Waals surface area contributed by atoms with Gasteiger partial charge in [0, 0.05) is 31.9 Å². The Hall–Kier alpha value is -1.09. The van der Waals surface area contributed by atoms with Crippen molar-refractivity contribution in [2.45, 2.75) is 64.0 Å². The Morgan fingerprint density at radius 3 is 2.59 bits per heavy atom. The van der Waals surface area contributed by atoms with Crippen LogP contribution in [0.2, 0.25) is 0 Å². The molecule has 0 amide bonds. The van der Waals surface area contributed by atoms with E-state index < -0.39 is 5.60 Å². The number of rotatable bonds is 5. The summed E-state index contributed by atoms with van der Waals surface area (Å²) in [5.41, 5.74) is 0.601. The van der Waals surface area contributed by atoms with Gasteiger partial charge < -0.3 is 20.6 Å². The summed E-state index contributed by atoms with van der Waals surface area (Å²) >= 11 is 0. The summed E-state index contributed by atoms with van der Waals surface area (Å²) in [6.45, 7) is 7.46. The molecule has 152 valence electrons. The van der Waals surface area contributed by atoms with Gasteiger partial charge in [-0.05, 0) is 51.2 Å². The number of hydrogen-bond donors (Lipinski definition) is 3. The van der Waals surface area contributed by atoms with Gasteiger partial charge in [0.1, 0.15) is 5.82 Å². The number of aryl methyl sites for hydroxylation is 1. The van der Waals surface area contributed by atoms with E-state index in [1.807, 2.05) is 6.20 Å². The standard InChI is InChI=1S/C20H33N5O.HI/c1-3-21-19(23-15-20(26)10-4-5-11-20)24-17-8-12-25(13-9-17)18-7-6-16(2)14-22-18;/h6-7,14,17,26H,3-5,8-13,15H2,1-2H3,(H2,21,23,24);1H. The molecule has 0 radical (unpaired) electrons. The summed E-state index contributed by atoms with van der Waals surface area (Å²) < 4.78 is 0. The van der Waals surface area contributed by atoms with Gasteiger partial charge in [0.25, 0.3) is 0 Å². The van der Waals surface area contributed by atoms with Crippen molar-refractivity contribution >= 4 is 35.8 Å². The van der Waals surface area contributed by atoms with Crippen molar-refractivity contribution in [2.24, 2.45) is 4.99 Å². The van der Waals surface area contributed by atoms with E-state index in [9.17, 15) is 5.11 Å². The van der Waals surface area contributed by atoms with Crippen LogP contribution in [-0.2, 0) is 0 Å². The van der Waals surface area contributed by atoms with Gasteiger partial charge in [-0.3, -0.25) is 4.99 Å². The molecule has 0 bridgehead atoms. The first kappa shape index (κ1) is 22.2. The highest BCUT2D eigenvalue weighted by atomic mass is 127. The quantitative estimate of drug-likeness (QED) is 0.339. The van der Waals surface area contributed by atoms with Crippen LogP contribution in [0.5, 0.6) is 0 Å². The predicted octanol–water partition coefficient (Wildman–Crippen LogP) is 2.84. The Balaban J connectivity index is 0.00000261. The third kappa shape index (κ3) is 6.48. The van der Waals surface area contributed by atoms with Crippen molar-refractivity contribution in [3.8, 4) is 0 Å². The fourth-order valence-corrected chi connectivity index (χ4v) is 3.83. The smallest absolute Gasteiger partial charge is 0.191 e. The number of halogens is 1. The van der Waals surface area contributed by atoms with Crippen molar-refractivity contribution in [3.63, 3.8) is 0 Å². The summed E-state index contributed by atoms with van der Waals surface area (Å²) in [4.78, 5) is 11.6. The average molecular weight is 487 g/mol. The van der Waals surface area contributed by atoms with Crippen LogP contribution >= 0.6 is 24.0 Å². The Kier molecular flexibility index (Phi) is 8.60. The van der Waals surface area contributed by atoms with Crippen molar-refractivity contribution in [1.29, 1.82) is 0 Å². The second-order valence-corrected chi connectivity index (χ2v) is 7.73. The number of aromatic nitrogens is 1. The van der Waals surface area contributed by atoms with E-state index in [0.717, 1.165) is 69.9 Å². The van der Waals surface area contributed by atoms with E-state index in [4.69, 9.17) is 0 Å². The van der Waals surface area contributed by atoms with Gasteiger partial charge in [0.05, 0.1) is 12.1 Å².